The van der Waals surface area contributed by atoms with E-state index in [4.69, 9.17) is 17.3 Å². The van der Waals surface area contributed by atoms with E-state index in [1.54, 1.807) is 48.5 Å². The minimum absolute atomic E-state index is 0. The average Bonchev–Trinajstić information content (AvgIpc) is 2.73. The summed E-state index contributed by atoms with van der Waals surface area (Å²) < 4.78 is 33.2. The van der Waals surface area contributed by atoms with Crippen LogP contribution in [0, 0.1) is 0 Å². The molecule has 0 spiro atoms. The standard InChI is InChI=1S/C21H15ClN4O3S.Na.H/c22-14-5-3-4-13(10-14)18-9-8-15(12-24-18)25-26-19-11-20(30(27,28)29)16-6-1-2-7-17(16)21(19)23;;/h1-12H,23H2,(H,27,28,29);;. The van der Waals surface area contributed by atoms with Gasteiger partial charge in [0.25, 0.3) is 10.1 Å². The van der Waals surface area contributed by atoms with Gasteiger partial charge in [0.05, 0.1) is 17.6 Å². The van der Waals surface area contributed by atoms with Crippen LogP contribution in [0.15, 0.2) is 88.1 Å². The number of aromatic nitrogens is 1. The molecule has 0 aliphatic heterocycles. The summed E-state index contributed by atoms with van der Waals surface area (Å²) in [5, 5.41) is 9.55. The topological polar surface area (TPSA) is 118 Å². The first-order chi connectivity index (χ1) is 14.3. The second kappa shape index (κ2) is 9.44. The first-order valence-corrected chi connectivity index (χ1v) is 10.6. The predicted molar refractivity (Wildman–Crippen MR) is 124 cm³/mol. The van der Waals surface area contributed by atoms with Crippen LogP contribution < -0.4 is 5.73 Å². The van der Waals surface area contributed by atoms with Crippen LogP contribution in [-0.4, -0.2) is 47.5 Å². The Morgan fingerprint density at radius 3 is 2.32 bits per heavy atom. The molecule has 0 fully saturated rings. The number of rotatable bonds is 4. The van der Waals surface area contributed by atoms with Crippen LogP contribution in [0.2, 0.25) is 5.02 Å². The molecule has 0 radical (unpaired) electrons. The number of fused-ring (bicyclic) bond motifs is 1. The minimum atomic E-state index is -4.47. The molecule has 0 atom stereocenters. The van der Waals surface area contributed by atoms with E-state index in [0.717, 1.165) is 11.3 Å². The molecule has 0 aliphatic rings. The van der Waals surface area contributed by atoms with Crippen LogP contribution in [0.3, 0.4) is 0 Å². The third-order valence-corrected chi connectivity index (χ3v) is 5.57. The van der Waals surface area contributed by atoms with Gasteiger partial charge in [-0.1, -0.05) is 48.0 Å². The summed E-state index contributed by atoms with van der Waals surface area (Å²) in [4.78, 5) is 4.07. The Kier molecular flexibility index (Phi) is 7.10. The molecular weight excluding hydrogens is 447 g/mol. The number of hydrogen-bond acceptors (Lipinski definition) is 6. The zero-order valence-corrected chi connectivity index (χ0v) is 17.0. The van der Waals surface area contributed by atoms with Crippen molar-refractivity contribution < 1.29 is 13.0 Å². The monoisotopic (exact) mass is 462 g/mol. The van der Waals surface area contributed by atoms with Gasteiger partial charge < -0.3 is 5.73 Å². The average molecular weight is 463 g/mol. The van der Waals surface area contributed by atoms with E-state index < -0.39 is 10.1 Å². The summed E-state index contributed by atoms with van der Waals surface area (Å²) in [5.74, 6) is 0. The summed E-state index contributed by atoms with van der Waals surface area (Å²) in [6.45, 7) is 0. The van der Waals surface area contributed by atoms with Gasteiger partial charge in [-0.15, -0.1) is 10.2 Å². The Morgan fingerprint density at radius 1 is 0.935 bits per heavy atom. The summed E-state index contributed by atoms with van der Waals surface area (Å²) >= 11 is 6.01. The number of azo groups is 1. The van der Waals surface area contributed by atoms with E-state index in [2.05, 4.69) is 15.2 Å². The number of nitrogen functional groups attached to an aromatic ring is 1. The molecule has 0 amide bonds. The molecule has 4 aromatic rings. The molecule has 1 heterocycles. The predicted octanol–water partition coefficient (Wildman–Crippen LogP) is 5.15. The van der Waals surface area contributed by atoms with Crippen LogP contribution >= 0.6 is 11.6 Å². The van der Waals surface area contributed by atoms with Crippen LogP contribution in [0.5, 0.6) is 0 Å². The molecule has 3 aromatic carbocycles. The molecule has 3 N–H and O–H groups in total. The molecule has 7 nitrogen and oxygen atoms in total. The number of pyridine rings is 1. The second-order valence-electron chi connectivity index (χ2n) is 6.44. The Balaban J connectivity index is 0.00000272. The molecule has 1 aromatic heterocycles. The second-order valence-corrected chi connectivity index (χ2v) is 8.27. The number of anilines is 1. The number of benzene rings is 3. The van der Waals surface area contributed by atoms with Gasteiger partial charge in [-0.3, -0.25) is 9.54 Å². The van der Waals surface area contributed by atoms with E-state index in [-0.39, 0.29) is 45.8 Å². The van der Waals surface area contributed by atoms with Gasteiger partial charge in [0, 0.05) is 21.4 Å². The quantitative estimate of drug-likeness (QED) is 0.188. The molecular formula is C21H16ClN4NaO3S. The van der Waals surface area contributed by atoms with Crippen molar-refractivity contribution in [1.82, 2.24) is 4.98 Å². The van der Waals surface area contributed by atoms with Gasteiger partial charge in [0.2, 0.25) is 0 Å². The van der Waals surface area contributed by atoms with Crippen molar-refractivity contribution in [2.24, 2.45) is 10.2 Å². The number of nitrogens with zero attached hydrogens (tertiary/aromatic N) is 3. The molecule has 0 bridgehead atoms. The maximum absolute atomic E-state index is 11.8. The van der Waals surface area contributed by atoms with E-state index in [1.807, 2.05) is 12.1 Å². The fourth-order valence-electron chi connectivity index (χ4n) is 3.02. The SMILES string of the molecule is Nc1c(N=Nc2ccc(-c3cccc(Cl)c3)nc2)cc(S(=O)(=O)O)c2ccccc12.[NaH]. The van der Waals surface area contributed by atoms with Crippen molar-refractivity contribution >= 4 is 79.1 Å². The van der Waals surface area contributed by atoms with Gasteiger partial charge in [-0.25, -0.2) is 0 Å². The summed E-state index contributed by atoms with van der Waals surface area (Å²) in [7, 11) is -4.47. The Hall–Kier alpha value is -2.33. The van der Waals surface area contributed by atoms with E-state index in [0.29, 0.717) is 21.5 Å². The Morgan fingerprint density at radius 2 is 1.68 bits per heavy atom. The van der Waals surface area contributed by atoms with Crippen molar-refractivity contribution in [1.29, 1.82) is 0 Å². The first kappa shape index (κ1) is 23.3. The van der Waals surface area contributed by atoms with E-state index >= 15 is 0 Å². The van der Waals surface area contributed by atoms with Gasteiger partial charge in [0.1, 0.15) is 16.3 Å². The third kappa shape index (κ3) is 5.12. The number of nitrogens with two attached hydrogens (primary N) is 1. The van der Waals surface area contributed by atoms with Gasteiger partial charge in [-0.05, 0) is 30.3 Å². The summed E-state index contributed by atoms with van der Waals surface area (Å²) in [6, 6.07) is 18.6. The molecule has 0 aliphatic carbocycles. The van der Waals surface area contributed by atoms with Crippen LogP contribution in [0.4, 0.5) is 17.1 Å². The first-order valence-electron chi connectivity index (χ1n) is 8.75. The van der Waals surface area contributed by atoms with Gasteiger partial charge in [0.15, 0.2) is 0 Å². The molecule has 0 unspecified atom stereocenters. The van der Waals surface area contributed by atoms with Crippen molar-refractivity contribution in [3.63, 3.8) is 0 Å². The summed E-state index contributed by atoms with van der Waals surface area (Å²) in [6.07, 6.45) is 1.53. The number of hydrogen-bond donors (Lipinski definition) is 2. The maximum atomic E-state index is 11.8. The molecule has 152 valence electrons. The molecule has 0 saturated heterocycles. The summed E-state index contributed by atoms with van der Waals surface area (Å²) in [5.41, 5.74) is 8.56. The third-order valence-electron chi connectivity index (χ3n) is 4.45. The Bertz CT molecular complexity index is 1390. The fourth-order valence-corrected chi connectivity index (χ4v) is 3.93. The molecule has 0 saturated carbocycles. The van der Waals surface area contributed by atoms with Gasteiger partial charge >= 0.3 is 29.6 Å². The van der Waals surface area contributed by atoms with Crippen molar-refractivity contribution in [3.05, 3.63) is 77.9 Å². The fraction of sp³-hybridized carbons (Fsp3) is 0. The number of halogens is 1. The van der Waals surface area contributed by atoms with Crippen molar-refractivity contribution in [2.75, 3.05) is 5.73 Å². The van der Waals surface area contributed by atoms with Gasteiger partial charge in [-0.2, -0.15) is 8.42 Å². The van der Waals surface area contributed by atoms with Crippen LogP contribution in [-0.2, 0) is 10.1 Å². The van der Waals surface area contributed by atoms with Crippen molar-refractivity contribution in [2.45, 2.75) is 4.90 Å². The van der Waals surface area contributed by atoms with Crippen molar-refractivity contribution in [3.8, 4) is 11.3 Å². The zero-order chi connectivity index (χ0) is 21.3. The molecule has 31 heavy (non-hydrogen) atoms. The Labute approximate surface area is 206 Å². The normalized spacial score (nSPS) is 11.5. The van der Waals surface area contributed by atoms with E-state index in [1.165, 1.54) is 12.3 Å². The van der Waals surface area contributed by atoms with Crippen LogP contribution in [0.1, 0.15) is 0 Å². The van der Waals surface area contributed by atoms with Crippen LogP contribution in [0.25, 0.3) is 22.0 Å². The van der Waals surface area contributed by atoms with E-state index in [9.17, 15) is 13.0 Å². The molecule has 10 heteroatoms. The zero-order valence-electron chi connectivity index (χ0n) is 15.4. The molecule has 4 rings (SSSR count).